The number of aromatic nitrogens is 1. The molecule has 0 spiro atoms. The Hall–Kier alpha value is -1.46. The zero-order valence-corrected chi connectivity index (χ0v) is 12.9. The van der Waals surface area contributed by atoms with Crippen molar-refractivity contribution in [3.05, 3.63) is 29.1 Å². The number of carbonyl (C=O) groups excluding carboxylic acids is 1. The third kappa shape index (κ3) is 3.09. The van der Waals surface area contributed by atoms with Crippen LogP contribution in [-0.4, -0.2) is 53.7 Å². The molecule has 0 saturated carbocycles. The van der Waals surface area contributed by atoms with E-state index in [-0.39, 0.29) is 11.9 Å². The summed E-state index contributed by atoms with van der Waals surface area (Å²) in [7, 11) is 0. The van der Waals surface area contributed by atoms with Crippen LogP contribution in [0.5, 0.6) is 0 Å². The molecule has 1 N–H and O–H groups in total. The molecule has 21 heavy (non-hydrogen) atoms. The van der Waals surface area contributed by atoms with Crippen molar-refractivity contribution in [2.75, 3.05) is 19.7 Å². The lowest BCUT2D eigenvalue weighted by Gasteiger charge is -2.33. The molecule has 0 aromatic carbocycles. The molecule has 114 valence electrons. The zero-order chi connectivity index (χ0) is 15.0. The molecular formula is C16H23N3O2. The van der Waals surface area contributed by atoms with E-state index in [0.29, 0.717) is 17.7 Å². The third-order valence-electron chi connectivity index (χ3n) is 4.53. The van der Waals surface area contributed by atoms with Gasteiger partial charge < -0.3 is 10.1 Å². The normalized spacial score (nSPS) is 29.2. The minimum absolute atomic E-state index is 0.0237. The van der Waals surface area contributed by atoms with Crippen molar-refractivity contribution in [1.82, 2.24) is 15.2 Å². The van der Waals surface area contributed by atoms with Crippen molar-refractivity contribution >= 4 is 5.91 Å². The first-order valence-corrected chi connectivity index (χ1v) is 7.62. The summed E-state index contributed by atoms with van der Waals surface area (Å²) in [6.45, 7) is 8.69. The average molecular weight is 289 g/mol. The highest BCUT2D eigenvalue weighted by molar-refractivity contribution is 5.94. The molecule has 0 radical (unpaired) electrons. The van der Waals surface area contributed by atoms with Crippen molar-refractivity contribution in [3.8, 4) is 0 Å². The van der Waals surface area contributed by atoms with Crippen molar-refractivity contribution in [2.45, 2.75) is 45.4 Å². The van der Waals surface area contributed by atoms with Crippen LogP contribution in [0, 0.1) is 13.8 Å². The summed E-state index contributed by atoms with van der Waals surface area (Å²) in [6, 6.07) is 2.56. The fraction of sp³-hybridized carbons (Fsp3) is 0.625. The van der Waals surface area contributed by atoms with Crippen molar-refractivity contribution < 1.29 is 9.53 Å². The standard InChI is InChI=1S/C16H23N3O2/c1-10-4-13(6-17-12(10)3)16(20)18-14-5-15-9-21-11(2)7-19(15)8-14/h4,6,11,14-15H,5,7-9H2,1-3H3,(H,18,20)/t11-,14+,15-/m0/s1. The van der Waals surface area contributed by atoms with Crippen molar-refractivity contribution in [1.29, 1.82) is 0 Å². The van der Waals surface area contributed by atoms with Gasteiger partial charge in [-0.15, -0.1) is 0 Å². The second-order valence-electron chi connectivity index (χ2n) is 6.28. The Morgan fingerprint density at radius 2 is 2.24 bits per heavy atom. The summed E-state index contributed by atoms with van der Waals surface area (Å²) < 4.78 is 5.69. The van der Waals surface area contributed by atoms with E-state index < -0.39 is 0 Å². The average Bonchev–Trinajstić information content (AvgIpc) is 2.83. The van der Waals surface area contributed by atoms with Gasteiger partial charge in [-0.25, -0.2) is 0 Å². The number of morpholine rings is 1. The molecule has 2 aliphatic heterocycles. The number of fused-ring (bicyclic) bond motifs is 1. The number of nitrogens with one attached hydrogen (secondary N) is 1. The van der Waals surface area contributed by atoms with Gasteiger partial charge in [0.2, 0.25) is 0 Å². The van der Waals surface area contributed by atoms with E-state index in [1.54, 1.807) is 6.20 Å². The molecule has 2 fully saturated rings. The largest absolute Gasteiger partial charge is 0.376 e. The predicted molar refractivity (Wildman–Crippen MR) is 80.4 cm³/mol. The van der Waals surface area contributed by atoms with Gasteiger partial charge in [0, 0.05) is 37.1 Å². The van der Waals surface area contributed by atoms with Crippen LogP contribution in [-0.2, 0) is 4.74 Å². The number of ether oxygens (including phenoxy) is 1. The molecule has 0 aliphatic carbocycles. The number of aryl methyl sites for hydroxylation is 2. The summed E-state index contributed by atoms with van der Waals surface area (Å²) in [5, 5.41) is 3.14. The SMILES string of the molecule is Cc1cc(C(=O)N[C@@H]2C[C@H]3CO[C@@H](C)CN3C2)cnc1C. The van der Waals surface area contributed by atoms with Crippen LogP contribution in [0.3, 0.4) is 0 Å². The van der Waals surface area contributed by atoms with Crippen molar-refractivity contribution in [3.63, 3.8) is 0 Å². The number of nitrogens with zero attached hydrogens (tertiary/aromatic N) is 2. The van der Waals surface area contributed by atoms with E-state index in [9.17, 15) is 4.79 Å². The second kappa shape index (κ2) is 5.73. The Labute approximate surface area is 125 Å². The lowest BCUT2D eigenvalue weighted by molar-refractivity contribution is -0.0390. The molecule has 1 aromatic heterocycles. The minimum Gasteiger partial charge on any atom is -0.376 e. The Balaban J connectivity index is 1.62. The van der Waals surface area contributed by atoms with Crippen LogP contribution < -0.4 is 5.32 Å². The molecular weight excluding hydrogens is 266 g/mol. The first-order valence-electron chi connectivity index (χ1n) is 7.62. The fourth-order valence-corrected chi connectivity index (χ4v) is 3.18. The highest BCUT2D eigenvalue weighted by atomic mass is 16.5. The number of rotatable bonds is 2. The van der Waals surface area contributed by atoms with Gasteiger partial charge in [0.15, 0.2) is 0 Å². The number of carbonyl (C=O) groups is 1. The number of hydrogen-bond donors (Lipinski definition) is 1. The number of amides is 1. The first-order chi connectivity index (χ1) is 10.0. The molecule has 1 aromatic rings. The molecule has 3 rings (SSSR count). The molecule has 0 bridgehead atoms. The summed E-state index contributed by atoms with van der Waals surface area (Å²) in [4.78, 5) is 19.0. The third-order valence-corrected chi connectivity index (χ3v) is 4.53. The quantitative estimate of drug-likeness (QED) is 0.891. The molecule has 5 heteroatoms. The van der Waals surface area contributed by atoms with E-state index in [4.69, 9.17) is 4.74 Å². The van der Waals surface area contributed by atoms with Crippen LogP contribution in [0.15, 0.2) is 12.3 Å². The fourth-order valence-electron chi connectivity index (χ4n) is 3.18. The Morgan fingerprint density at radius 1 is 1.43 bits per heavy atom. The highest BCUT2D eigenvalue weighted by Gasteiger charge is 2.36. The lowest BCUT2D eigenvalue weighted by atomic mass is 10.1. The Kier molecular flexibility index (Phi) is 3.95. The maximum Gasteiger partial charge on any atom is 0.253 e. The van der Waals surface area contributed by atoms with Crippen LogP contribution in [0.1, 0.15) is 35.0 Å². The zero-order valence-electron chi connectivity index (χ0n) is 12.9. The molecule has 3 atom stereocenters. The topological polar surface area (TPSA) is 54.5 Å². The van der Waals surface area contributed by atoms with Gasteiger partial charge in [0.05, 0.1) is 18.3 Å². The maximum absolute atomic E-state index is 12.3. The van der Waals surface area contributed by atoms with Gasteiger partial charge in [-0.05, 0) is 38.8 Å². The Bertz CT molecular complexity index is 546. The molecule has 3 heterocycles. The van der Waals surface area contributed by atoms with Crippen LogP contribution in [0.25, 0.3) is 0 Å². The lowest BCUT2D eigenvalue weighted by Crippen LogP contribution is -2.45. The molecule has 5 nitrogen and oxygen atoms in total. The van der Waals surface area contributed by atoms with Gasteiger partial charge in [-0.1, -0.05) is 0 Å². The van der Waals surface area contributed by atoms with Gasteiger partial charge in [-0.2, -0.15) is 0 Å². The predicted octanol–water partition coefficient (Wildman–Crippen LogP) is 1.29. The molecule has 0 unspecified atom stereocenters. The van der Waals surface area contributed by atoms with E-state index in [1.165, 1.54) is 0 Å². The summed E-state index contributed by atoms with van der Waals surface area (Å²) >= 11 is 0. The minimum atomic E-state index is -0.0237. The van der Waals surface area contributed by atoms with Crippen LogP contribution >= 0.6 is 0 Å². The van der Waals surface area contributed by atoms with Gasteiger partial charge >= 0.3 is 0 Å². The van der Waals surface area contributed by atoms with Gasteiger partial charge in [0.25, 0.3) is 5.91 Å². The van der Waals surface area contributed by atoms with E-state index in [0.717, 1.165) is 37.4 Å². The van der Waals surface area contributed by atoms with E-state index in [1.807, 2.05) is 19.9 Å². The van der Waals surface area contributed by atoms with Gasteiger partial charge in [-0.3, -0.25) is 14.7 Å². The summed E-state index contributed by atoms with van der Waals surface area (Å²) in [5.41, 5.74) is 2.66. The number of hydrogen-bond acceptors (Lipinski definition) is 4. The number of pyridine rings is 1. The smallest absolute Gasteiger partial charge is 0.253 e. The van der Waals surface area contributed by atoms with Crippen molar-refractivity contribution in [2.24, 2.45) is 0 Å². The maximum atomic E-state index is 12.3. The van der Waals surface area contributed by atoms with Crippen LogP contribution in [0.2, 0.25) is 0 Å². The van der Waals surface area contributed by atoms with E-state index >= 15 is 0 Å². The highest BCUT2D eigenvalue weighted by Crippen LogP contribution is 2.23. The molecule has 2 saturated heterocycles. The first kappa shape index (κ1) is 14.5. The van der Waals surface area contributed by atoms with Crippen LogP contribution in [0.4, 0.5) is 0 Å². The Morgan fingerprint density at radius 3 is 3.00 bits per heavy atom. The van der Waals surface area contributed by atoms with E-state index in [2.05, 4.69) is 22.1 Å². The second-order valence-corrected chi connectivity index (χ2v) is 6.28. The molecule has 2 aliphatic rings. The molecule has 1 amide bonds. The monoisotopic (exact) mass is 289 g/mol. The summed E-state index contributed by atoms with van der Waals surface area (Å²) in [5.74, 6) is -0.0237. The summed E-state index contributed by atoms with van der Waals surface area (Å²) in [6.07, 6.45) is 2.92. The van der Waals surface area contributed by atoms with Gasteiger partial charge in [0.1, 0.15) is 0 Å².